The lowest BCUT2D eigenvalue weighted by molar-refractivity contribution is -0.143. The first kappa shape index (κ1) is 30.8. The van der Waals surface area contributed by atoms with Crippen molar-refractivity contribution in [3.8, 4) is 0 Å². The van der Waals surface area contributed by atoms with Crippen LogP contribution in [0.2, 0.25) is 0 Å². The SMILES string of the molecule is CNc1ccc(C(C)C)cc1C1=C(CN2C(=O)O[C@H](c3cc(C(F)(F)F)cc(C(F)(F)F)c3)[C@@H]2C)CC(C)(C)CC1. The number of amides is 1. The van der Waals surface area contributed by atoms with Gasteiger partial charge in [0.15, 0.2) is 0 Å². The molecule has 41 heavy (non-hydrogen) atoms. The number of carbonyl (C=O) groups is 1. The number of halogens is 6. The second kappa shape index (κ2) is 10.9. The van der Waals surface area contributed by atoms with Gasteiger partial charge in [-0.3, -0.25) is 4.90 Å². The van der Waals surface area contributed by atoms with Gasteiger partial charge >= 0.3 is 18.4 Å². The Kier molecular flexibility index (Phi) is 8.19. The molecule has 1 amide bonds. The number of nitrogens with one attached hydrogen (secondary N) is 1. The van der Waals surface area contributed by atoms with E-state index in [1.807, 2.05) is 13.1 Å². The molecule has 1 aliphatic heterocycles. The van der Waals surface area contributed by atoms with Crippen LogP contribution >= 0.6 is 0 Å². The molecule has 1 N–H and O–H groups in total. The Morgan fingerprint density at radius 1 is 1.02 bits per heavy atom. The van der Waals surface area contributed by atoms with Crippen molar-refractivity contribution >= 4 is 17.4 Å². The van der Waals surface area contributed by atoms with Gasteiger partial charge in [-0.2, -0.15) is 26.3 Å². The zero-order valence-electron chi connectivity index (χ0n) is 24.1. The molecule has 0 bridgehead atoms. The molecule has 1 fully saturated rings. The highest BCUT2D eigenvalue weighted by molar-refractivity contribution is 5.80. The fourth-order valence-corrected chi connectivity index (χ4v) is 5.79. The van der Waals surface area contributed by atoms with Crippen LogP contribution in [0.25, 0.3) is 5.57 Å². The molecular formula is C31H36F6N2O2. The predicted octanol–water partition coefficient (Wildman–Crippen LogP) is 9.43. The van der Waals surface area contributed by atoms with E-state index in [9.17, 15) is 31.1 Å². The number of hydrogen-bond donors (Lipinski definition) is 1. The summed E-state index contributed by atoms with van der Waals surface area (Å²) in [6.45, 7) is 10.3. The molecule has 4 rings (SSSR count). The van der Waals surface area contributed by atoms with Gasteiger partial charge in [-0.25, -0.2) is 4.79 Å². The highest BCUT2D eigenvalue weighted by atomic mass is 19.4. The third kappa shape index (κ3) is 6.51. The Bertz CT molecular complexity index is 1310. The van der Waals surface area contributed by atoms with E-state index in [4.69, 9.17) is 4.74 Å². The number of anilines is 1. The fraction of sp³-hybridized carbons (Fsp3) is 0.516. The molecule has 0 unspecified atom stereocenters. The molecule has 2 aliphatic rings. The molecule has 2 aromatic carbocycles. The molecule has 1 aliphatic carbocycles. The van der Waals surface area contributed by atoms with Crippen molar-refractivity contribution in [3.05, 3.63) is 69.8 Å². The van der Waals surface area contributed by atoms with Crippen LogP contribution in [0.4, 0.5) is 36.8 Å². The van der Waals surface area contributed by atoms with E-state index in [1.165, 1.54) is 4.90 Å². The first-order valence-electron chi connectivity index (χ1n) is 13.7. The molecule has 0 radical (unpaired) electrons. The monoisotopic (exact) mass is 582 g/mol. The highest BCUT2D eigenvalue weighted by Crippen LogP contribution is 2.46. The summed E-state index contributed by atoms with van der Waals surface area (Å²) < 4.78 is 86.5. The highest BCUT2D eigenvalue weighted by Gasteiger charge is 2.44. The van der Waals surface area contributed by atoms with Crippen molar-refractivity contribution < 1.29 is 35.9 Å². The number of alkyl halides is 6. The number of hydrogen-bond acceptors (Lipinski definition) is 3. The maximum absolute atomic E-state index is 13.5. The van der Waals surface area contributed by atoms with Gasteiger partial charge in [0.05, 0.1) is 17.2 Å². The number of nitrogens with zero attached hydrogens (tertiary/aromatic N) is 1. The molecule has 0 spiro atoms. The molecule has 2 atom stereocenters. The van der Waals surface area contributed by atoms with Gasteiger partial charge in [0, 0.05) is 24.8 Å². The van der Waals surface area contributed by atoms with E-state index in [0.29, 0.717) is 24.5 Å². The predicted molar refractivity (Wildman–Crippen MR) is 146 cm³/mol. The summed E-state index contributed by atoms with van der Waals surface area (Å²) in [5, 5.41) is 3.25. The van der Waals surface area contributed by atoms with Crippen molar-refractivity contribution in [2.24, 2.45) is 5.41 Å². The zero-order valence-corrected chi connectivity index (χ0v) is 24.1. The number of ether oxygens (including phenoxy) is 1. The van der Waals surface area contributed by atoms with Gasteiger partial charge in [-0.1, -0.05) is 33.8 Å². The summed E-state index contributed by atoms with van der Waals surface area (Å²) in [7, 11) is 1.84. The molecule has 0 saturated carbocycles. The smallest absolute Gasteiger partial charge is 0.416 e. The first-order valence-corrected chi connectivity index (χ1v) is 13.7. The minimum Gasteiger partial charge on any atom is -0.439 e. The number of cyclic esters (lactones) is 1. The van der Waals surface area contributed by atoms with Crippen LogP contribution in [0.5, 0.6) is 0 Å². The molecule has 224 valence electrons. The number of benzene rings is 2. The van der Waals surface area contributed by atoms with Crippen molar-refractivity contribution in [1.82, 2.24) is 4.90 Å². The summed E-state index contributed by atoms with van der Waals surface area (Å²) in [6.07, 6.45) is -9.68. The van der Waals surface area contributed by atoms with Crippen molar-refractivity contribution in [3.63, 3.8) is 0 Å². The van der Waals surface area contributed by atoms with E-state index in [0.717, 1.165) is 40.8 Å². The van der Waals surface area contributed by atoms with E-state index in [1.54, 1.807) is 6.92 Å². The number of allylic oxidation sites excluding steroid dienone is 1. The van der Waals surface area contributed by atoms with Crippen LogP contribution in [0.1, 0.15) is 93.7 Å². The average molecular weight is 583 g/mol. The second-order valence-electron chi connectivity index (χ2n) is 12.1. The topological polar surface area (TPSA) is 41.6 Å². The van der Waals surface area contributed by atoms with E-state index < -0.39 is 41.7 Å². The van der Waals surface area contributed by atoms with Crippen molar-refractivity contribution in [1.29, 1.82) is 0 Å². The standard InChI is InChI=1S/C31H36F6N2O2/c1-17(2)19-7-8-26(38-6)25(13-19)24-9-10-29(4,5)15-21(24)16-39-18(3)27(41-28(39)40)20-11-22(30(32,33)34)14-23(12-20)31(35,36)37/h7-8,11-14,17-18,27,38H,9-10,15-16H2,1-6H3/t18-,27-/m0/s1. The molecule has 2 aromatic rings. The van der Waals surface area contributed by atoms with Gasteiger partial charge in [0.2, 0.25) is 0 Å². The maximum Gasteiger partial charge on any atom is 0.416 e. The van der Waals surface area contributed by atoms with Crippen molar-refractivity contribution in [2.75, 3.05) is 18.9 Å². The number of carbonyl (C=O) groups excluding carboxylic acids is 1. The maximum atomic E-state index is 13.5. The average Bonchev–Trinajstić information content (AvgIpc) is 3.15. The van der Waals surface area contributed by atoms with Gasteiger partial charge in [0.1, 0.15) is 6.10 Å². The van der Waals surface area contributed by atoms with Gasteiger partial charge in [-0.05, 0) is 90.1 Å². The Labute approximate surface area is 236 Å². The molecular weight excluding hydrogens is 546 g/mol. The largest absolute Gasteiger partial charge is 0.439 e. The first-order chi connectivity index (χ1) is 18.9. The Balaban J connectivity index is 1.74. The van der Waals surface area contributed by atoms with Crippen molar-refractivity contribution in [2.45, 2.75) is 84.3 Å². The Morgan fingerprint density at radius 2 is 1.63 bits per heavy atom. The molecule has 4 nitrogen and oxygen atoms in total. The summed E-state index contributed by atoms with van der Waals surface area (Å²) >= 11 is 0. The Hall–Kier alpha value is -3.17. The Morgan fingerprint density at radius 3 is 2.17 bits per heavy atom. The van der Waals surface area contributed by atoms with E-state index >= 15 is 0 Å². The van der Waals surface area contributed by atoms with Crippen LogP contribution in [-0.4, -0.2) is 30.6 Å². The third-order valence-electron chi connectivity index (χ3n) is 8.17. The minimum absolute atomic E-state index is 0.0524. The van der Waals surface area contributed by atoms with Crippen LogP contribution in [-0.2, 0) is 17.1 Å². The molecule has 0 aromatic heterocycles. The van der Waals surface area contributed by atoms with Gasteiger partial charge in [0.25, 0.3) is 0 Å². The van der Waals surface area contributed by atoms with Crippen LogP contribution < -0.4 is 5.32 Å². The summed E-state index contributed by atoms with van der Waals surface area (Å²) in [5.41, 5.74) is 1.98. The molecule has 10 heteroatoms. The summed E-state index contributed by atoms with van der Waals surface area (Å²) in [4.78, 5) is 14.5. The van der Waals surface area contributed by atoms with Crippen LogP contribution in [0, 0.1) is 5.41 Å². The van der Waals surface area contributed by atoms with Gasteiger partial charge in [-0.15, -0.1) is 0 Å². The van der Waals surface area contributed by atoms with Crippen LogP contribution in [0.15, 0.2) is 42.0 Å². The lowest BCUT2D eigenvalue weighted by Crippen LogP contribution is -2.35. The molecule has 1 heterocycles. The second-order valence-corrected chi connectivity index (χ2v) is 12.1. The van der Waals surface area contributed by atoms with Crippen LogP contribution in [0.3, 0.4) is 0 Å². The lowest BCUT2D eigenvalue weighted by Gasteiger charge is -2.36. The zero-order chi connectivity index (χ0) is 30.5. The summed E-state index contributed by atoms with van der Waals surface area (Å²) in [6, 6.07) is 6.81. The van der Waals surface area contributed by atoms with Gasteiger partial charge < -0.3 is 10.1 Å². The quantitative estimate of drug-likeness (QED) is 0.345. The number of rotatable bonds is 6. The van der Waals surface area contributed by atoms with E-state index in [-0.39, 0.29) is 23.6 Å². The third-order valence-corrected chi connectivity index (χ3v) is 8.17. The van der Waals surface area contributed by atoms with E-state index in [2.05, 4.69) is 45.1 Å². The minimum atomic E-state index is -5.00. The lowest BCUT2D eigenvalue weighted by atomic mass is 9.72. The molecule has 1 saturated heterocycles. The normalized spacial score (nSPS) is 21.5. The fourth-order valence-electron chi connectivity index (χ4n) is 5.79. The summed E-state index contributed by atoms with van der Waals surface area (Å²) in [5.74, 6) is 0.298.